The molecule has 0 amide bonds. The summed E-state index contributed by atoms with van der Waals surface area (Å²) in [5, 5.41) is 9.19. The number of ether oxygens (including phenoxy) is 1. The summed E-state index contributed by atoms with van der Waals surface area (Å²) < 4.78 is 36.4. The van der Waals surface area contributed by atoms with Gasteiger partial charge in [0.1, 0.15) is 0 Å². The van der Waals surface area contributed by atoms with Crippen LogP contribution in [0.25, 0.3) is 0 Å². The molecule has 0 bridgehead atoms. The monoisotopic (exact) mass is 143 g/mol. The lowest BCUT2D eigenvalue weighted by Gasteiger charge is -2.07. The first-order chi connectivity index (χ1) is 3.98. The van der Waals surface area contributed by atoms with E-state index in [0.29, 0.717) is 0 Å². The summed E-state index contributed by atoms with van der Waals surface area (Å²) >= 11 is 0. The molecule has 3 nitrogen and oxygen atoms in total. The van der Waals surface area contributed by atoms with E-state index in [1.807, 2.05) is 0 Å². The quantitative estimate of drug-likeness (QED) is 0.543. The molecule has 0 aliphatic carbocycles. The molecule has 0 unspecified atom stereocenters. The lowest BCUT2D eigenvalue weighted by molar-refractivity contribution is -0.219. The van der Waals surface area contributed by atoms with Crippen molar-refractivity contribution in [1.29, 1.82) is 0 Å². The standard InChI is InChI=1S/C3H2F3O3/c4-1-3(5,6)9-2(7)8/h1H2. The Morgan fingerprint density at radius 1 is 1.56 bits per heavy atom. The number of hydrogen-bond acceptors (Lipinski definition) is 2. The Kier molecular flexibility index (Phi) is 2.29. The zero-order valence-corrected chi connectivity index (χ0v) is 4.07. The molecule has 0 aromatic heterocycles. The molecule has 0 aliphatic heterocycles. The van der Waals surface area contributed by atoms with E-state index in [1.165, 1.54) is 0 Å². The van der Waals surface area contributed by atoms with E-state index in [9.17, 15) is 23.1 Å². The number of carbonyl (C=O) groups is 1. The van der Waals surface area contributed by atoms with Crippen LogP contribution in [0.2, 0.25) is 0 Å². The second-order valence-electron chi connectivity index (χ2n) is 1.12. The summed E-state index contributed by atoms with van der Waals surface area (Å²) in [6.45, 7) is -2.18. The van der Waals surface area contributed by atoms with Crippen molar-refractivity contribution in [2.75, 3.05) is 6.67 Å². The highest BCUT2D eigenvalue weighted by atomic mass is 19.3. The minimum Gasteiger partial charge on any atom is -0.363 e. The predicted octanol–water partition coefficient (Wildman–Crippen LogP) is 1.12. The van der Waals surface area contributed by atoms with E-state index in [4.69, 9.17) is 0 Å². The zero-order valence-electron chi connectivity index (χ0n) is 4.07. The van der Waals surface area contributed by atoms with Crippen LogP contribution < -0.4 is 0 Å². The second kappa shape index (κ2) is 2.56. The molecule has 53 valence electrons. The maximum atomic E-state index is 11.4. The molecule has 0 aliphatic rings. The normalized spacial score (nSPS) is 11.0. The average molecular weight is 143 g/mol. The topological polar surface area (TPSA) is 46.2 Å². The zero-order chi connectivity index (χ0) is 7.49. The molecule has 0 saturated heterocycles. The summed E-state index contributed by atoms with van der Waals surface area (Å²) in [5.74, 6) is 0. The van der Waals surface area contributed by atoms with Gasteiger partial charge in [0.2, 0.25) is 0 Å². The lowest BCUT2D eigenvalue weighted by atomic mass is 10.7. The Bertz CT molecular complexity index is 113. The smallest absolute Gasteiger partial charge is 0.363 e. The van der Waals surface area contributed by atoms with Gasteiger partial charge in [0, 0.05) is 0 Å². The summed E-state index contributed by atoms with van der Waals surface area (Å²) in [4.78, 5) is 9.19. The molecule has 0 spiro atoms. The van der Waals surface area contributed by atoms with E-state index in [-0.39, 0.29) is 0 Å². The lowest BCUT2D eigenvalue weighted by Crippen LogP contribution is -2.25. The van der Waals surface area contributed by atoms with Gasteiger partial charge in [0.05, 0.1) is 0 Å². The number of carbonyl (C=O) groups excluding carboxylic acids is 1. The summed E-state index contributed by atoms with van der Waals surface area (Å²) in [7, 11) is 0. The first-order valence-electron chi connectivity index (χ1n) is 1.82. The van der Waals surface area contributed by atoms with Gasteiger partial charge in [-0.05, 0) is 0 Å². The van der Waals surface area contributed by atoms with E-state index < -0.39 is 18.9 Å². The molecule has 0 aromatic carbocycles. The Hall–Kier alpha value is -0.940. The molecule has 6 heteroatoms. The predicted molar refractivity (Wildman–Crippen MR) is 18.1 cm³/mol. The van der Waals surface area contributed by atoms with Crippen molar-refractivity contribution in [3.63, 3.8) is 0 Å². The third-order valence-electron chi connectivity index (χ3n) is 0.388. The van der Waals surface area contributed by atoms with Crippen molar-refractivity contribution >= 4 is 6.16 Å². The molecular weight excluding hydrogens is 141 g/mol. The highest BCUT2D eigenvalue weighted by Gasteiger charge is 2.34. The van der Waals surface area contributed by atoms with E-state index >= 15 is 0 Å². The average Bonchev–Trinajstić information content (AvgIpc) is 1.63. The molecular formula is C3H2F3O3. The van der Waals surface area contributed by atoms with Gasteiger partial charge < -0.3 is 4.74 Å². The minimum atomic E-state index is -4.27. The van der Waals surface area contributed by atoms with Crippen molar-refractivity contribution < 1.29 is 27.8 Å². The fourth-order valence-electron chi connectivity index (χ4n) is 0.149. The first kappa shape index (κ1) is 8.06. The van der Waals surface area contributed by atoms with Crippen molar-refractivity contribution in [1.82, 2.24) is 0 Å². The Morgan fingerprint density at radius 3 is 2.11 bits per heavy atom. The van der Waals surface area contributed by atoms with Crippen molar-refractivity contribution in [3.8, 4) is 0 Å². The summed E-state index contributed by atoms with van der Waals surface area (Å²) in [5.41, 5.74) is 0. The van der Waals surface area contributed by atoms with Crippen LogP contribution in [0.5, 0.6) is 0 Å². The van der Waals surface area contributed by atoms with Gasteiger partial charge >= 0.3 is 12.3 Å². The Labute approximate surface area is 48.0 Å². The molecule has 1 radical (unpaired) electrons. The van der Waals surface area contributed by atoms with Gasteiger partial charge in [0.25, 0.3) is 0 Å². The van der Waals surface area contributed by atoms with Gasteiger partial charge in [-0.15, -0.1) is 0 Å². The van der Waals surface area contributed by atoms with Gasteiger partial charge in [-0.25, -0.2) is 4.39 Å². The van der Waals surface area contributed by atoms with E-state index in [1.54, 1.807) is 0 Å². The molecule has 0 saturated carbocycles. The van der Waals surface area contributed by atoms with Crippen molar-refractivity contribution in [2.45, 2.75) is 6.11 Å². The summed E-state index contributed by atoms with van der Waals surface area (Å²) in [6, 6.07) is 0. The number of alkyl halides is 3. The third-order valence-corrected chi connectivity index (χ3v) is 0.388. The molecule has 0 rings (SSSR count). The largest absolute Gasteiger partial charge is 0.554 e. The van der Waals surface area contributed by atoms with Crippen LogP contribution in [0.3, 0.4) is 0 Å². The maximum Gasteiger partial charge on any atom is 0.554 e. The van der Waals surface area contributed by atoms with Gasteiger partial charge in [-0.1, -0.05) is 0 Å². The fourth-order valence-corrected chi connectivity index (χ4v) is 0.149. The molecule has 0 atom stereocenters. The van der Waals surface area contributed by atoms with Crippen LogP contribution in [0.1, 0.15) is 0 Å². The first-order valence-corrected chi connectivity index (χ1v) is 1.82. The number of halogens is 3. The van der Waals surface area contributed by atoms with E-state index in [0.717, 1.165) is 0 Å². The SMILES string of the molecule is [O]C(=O)OC(F)(F)CF. The Morgan fingerprint density at radius 2 is 2.00 bits per heavy atom. The van der Waals surface area contributed by atoms with Crippen molar-refractivity contribution in [2.24, 2.45) is 0 Å². The molecule has 0 aromatic rings. The van der Waals surface area contributed by atoms with Crippen LogP contribution in [0.15, 0.2) is 0 Å². The van der Waals surface area contributed by atoms with Crippen LogP contribution in [0.4, 0.5) is 18.0 Å². The van der Waals surface area contributed by atoms with Crippen LogP contribution in [-0.2, 0) is 9.84 Å². The van der Waals surface area contributed by atoms with Gasteiger partial charge in [-0.2, -0.15) is 18.7 Å². The maximum absolute atomic E-state index is 11.4. The van der Waals surface area contributed by atoms with Crippen LogP contribution in [-0.4, -0.2) is 18.9 Å². The molecule has 0 N–H and O–H groups in total. The minimum absolute atomic E-state index is 2.18. The van der Waals surface area contributed by atoms with Crippen LogP contribution >= 0.6 is 0 Å². The van der Waals surface area contributed by atoms with E-state index in [2.05, 4.69) is 4.74 Å². The van der Waals surface area contributed by atoms with Gasteiger partial charge in [0.15, 0.2) is 6.67 Å². The molecule has 0 heterocycles. The highest BCUT2D eigenvalue weighted by molar-refractivity contribution is 5.56. The molecule has 0 fully saturated rings. The van der Waals surface area contributed by atoms with Crippen LogP contribution in [0, 0.1) is 0 Å². The van der Waals surface area contributed by atoms with Crippen molar-refractivity contribution in [3.05, 3.63) is 0 Å². The van der Waals surface area contributed by atoms with Gasteiger partial charge in [-0.3, -0.25) is 0 Å². The highest BCUT2D eigenvalue weighted by Crippen LogP contribution is 2.15. The molecule has 9 heavy (non-hydrogen) atoms. The number of hydrogen-bond donors (Lipinski definition) is 0. The fraction of sp³-hybridized carbons (Fsp3) is 0.667. The third kappa shape index (κ3) is 3.63. The Balaban J connectivity index is 3.71. The second-order valence-corrected chi connectivity index (χ2v) is 1.12. The summed E-state index contributed by atoms with van der Waals surface area (Å²) in [6.07, 6.45) is -6.71. The number of rotatable bonds is 2.